The van der Waals surface area contributed by atoms with Crippen LogP contribution in [0.25, 0.3) is 22.3 Å². The highest BCUT2D eigenvalue weighted by Gasteiger charge is 2.32. The number of aliphatic hydroxyl groups is 1. The van der Waals surface area contributed by atoms with Crippen molar-refractivity contribution in [2.75, 3.05) is 26.4 Å². The van der Waals surface area contributed by atoms with Gasteiger partial charge in [0.05, 0.1) is 12.6 Å². The number of alkyl carbamates (subject to hydrolysis) is 2. The molecule has 2 aliphatic carbocycles. The van der Waals surface area contributed by atoms with Gasteiger partial charge < -0.3 is 35.8 Å². The first-order valence-electron chi connectivity index (χ1n) is 21.4. The second-order valence-corrected chi connectivity index (χ2v) is 15.9. The Kier molecular flexibility index (Phi) is 13.5. The van der Waals surface area contributed by atoms with Crippen molar-refractivity contribution in [1.29, 1.82) is 0 Å². The average Bonchev–Trinajstić information content (AvgIpc) is 3.82. The van der Waals surface area contributed by atoms with E-state index in [1.54, 1.807) is 0 Å². The van der Waals surface area contributed by atoms with Gasteiger partial charge in [-0.15, -0.1) is 0 Å². The van der Waals surface area contributed by atoms with Gasteiger partial charge in [-0.05, 0) is 62.1 Å². The number of carbonyl (C=O) groups is 4. The molecule has 4 amide bonds. The van der Waals surface area contributed by atoms with Crippen molar-refractivity contribution in [2.24, 2.45) is 0 Å². The standard InChI is InChI=1S/C52H50N4O7/c57-31-36(54-50(59)48(30-35-17-5-2-6-18-35)56-52(61)63-33-46-43-25-13-9-21-39(43)40-22-10-14-26-44(40)46)27-28-53-49(58)47(29-34-15-3-1-4-16-34)55-51(60)62-32-45-41-23-11-7-19-37(41)38-20-8-12-24-42(38)45/h1-26,36,45-48,57H,27-33H2,(H,53,58)(H,54,59)(H,55,60)(H,56,61). The lowest BCUT2D eigenvalue weighted by atomic mass is 9.98. The quantitative estimate of drug-likeness (QED) is 0.0647. The molecule has 0 fully saturated rings. The lowest BCUT2D eigenvalue weighted by molar-refractivity contribution is -0.124. The van der Waals surface area contributed by atoms with Crippen LogP contribution in [0.5, 0.6) is 0 Å². The Bertz CT molecular complexity index is 2460. The van der Waals surface area contributed by atoms with Crippen LogP contribution in [0.2, 0.25) is 0 Å². The van der Waals surface area contributed by atoms with E-state index in [0.717, 1.165) is 55.6 Å². The van der Waals surface area contributed by atoms with Crippen LogP contribution in [0, 0.1) is 0 Å². The number of ether oxygens (including phenoxy) is 2. The molecule has 6 aromatic carbocycles. The zero-order valence-electron chi connectivity index (χ0n) is 34.7. The fourth-order valence-corrected chi connectivity index (χ4v) is 8.69. The summed E-state index contributed by atoms with van der Waals surface area (Å²) in [6.07, 6.45) is -0.912. The summed E-state index contributed by atoms with van der Waals surface area (Å²) >= 11 is 0. The molecule has 0 saturated heterocycles. The summed E-state index contributed by atoms with van der Waals surface area (Å²) < 4.78 is 11.6. The maximum absolute atomic E-state index is 13.8. The molecule has 5 N–H and O–H groups in total. The average molecular weight is 843 g/mol. The van der Waals surface area contributed by atoms with Crippen LogP contribution >= 0.6 is 0 Å². The third-order valence-electron chi connectivity index (χ3n) is 11.8. The molecule has 0 saturated carbocycles. The van der Waals surface area contributed by atoms with E-state index < -0.39 is 48.7 Å². The Morgan fingerprint density at radius 3 is 1.24 bits per heavy atom. The highest BCUT2D eigenvalue weighted by molar-refractivity contribution is 5.87. The summed E-state index contributed by atoms with van der Waals surface area (Å²) in [5, 5.41) is 21.6. The van der Waals surface area contributed by atoms with Gasteiger partial charge in [-0.25, -0.2) is 9.59 Å². The Labute approximate surface area is 366 Å². The number of fused-ring (bicyclic) bond motifs is 6. The van der Waals surface area contributed by atoms with Gasteiger partial charge >= 0.3 is 12.2 Å². The van der Waals surface area contributed by atoms with Crippen molar-refractivity contribution < 1.29 is 33.8 Å². The smallest absolute Gasteiger partial charge is 0.407 e. The van der Waals surface area contributed by atoms with E-state index in [1.165, 1.54) is 0 Å². The van der Waals surface area contributed by atoms with Gasteiger partial charge in [-0.2, -0.15) is 0 Å². The van der Waals surface area contributed by atoms with Crippen molar-refractivity contribution in [3.63, 3.8) is 0 Å². The van der Waals surface area contributed by atoms with Gasteiger partial charge in [0, 0.05) is 31.2 Å². The molecular weight excluding hydrogens is 793 g/mol. The molecule has 0 bridgehead atoms. The number of benzene rings is 6. The van der Waals surface area contributed by atoms with E-state index in [9.17, 15) is 24.3 Å². The van der Waals surface area contributed by atoms with Crippen molar-refractivity contribution >= 4 is 24.0 Å². The summed E-state index contributed by atoms with van der Waals surface area (Å²) in [5.41, 5.74) is 10.4. The maximum Gasteiger partial charge on any atom is 0.407 e. The third kappa shape index (κ3) is 10.1. The molecule has 320 valence electrons. The molecule has 0 aromatic heterocycles. The highest BCUT2D eigenvalue weighted by Crippen LogP contribution is 2.45. The lowest BCUT2D eigenvalue weighted by Gasteiger charge is -2.24. The van der Waals surface area contributed by atoms with Crippen LogP contribution < -0.4 is 21.3 Å². The molecule has 63 heavy (non-hydrogen) atoms. The molecule has 0 aliphatic heterocycles. The van der Waals surface area contributed by atoms with Crippen molar-refractivity contribution in [3.8, 4) is 22.3 Å². The largest absolute Gasteiger partial charge is 0.449 e. The monoisotopic (exact) mass is 842 g/mol. The Morgan fingerprint density at radius 2 is 0.841 bits per heavy atom. The number of amides is 4. The summed E-state index contributed by atoms with van der Waals surface area (Å²) in [5.74, 6) is -1.26. The lowest BCUT2D eigenvalue weighted by Crippen LogP contribution is -2.52. The van der Waals surface area contributed by atoms with E-state index in [0.29, 0.717) is 0 Å². The number of carbonyl (C=O) groups excluding carboxylic acids is 4. The predicted octanol–water partition coefficient (Wildman–Crippen LogP) is 7.27. The number of hydrogen-bond donors (Lipinski definition) is 5. The maximum atomic E-state index is 13.8. The first-order chi connectivity index (χ1) is 30.9. The Balaban J connectivity index is 0.867. The van der Waals surface area contributed by atoms with E-state index in [2.05, 4.69) is 45.5 Å². The molecule has 8 rings (SSSR count). The predicted molar refractivity (Wildman–Crippen MR) is 241 cm³/mol. The number of rotatable bonds is 17. The van der Waals surface area contributed by atoms with Crippen LogP contribution in [-0.2, 0) is 31.9 Å². The Morgan fingerprint density at radius 1 is 0.476 bits per heavy atom. The van der Waals surface area contributed by atoms with Crippen LogP contribution in [0.4, 0.5) is 9.59 Å². The number of aliphatic hydroxyl groups excluding tert-OH is 1. The van der Waals surface area contributed by atoms with Crippen molar-refractivity contribution in [3.05, 3.63) is 191 Å². The van der Waals surface area contributed by atoms with Gasteiger partial charge in [-0.3, -0.25) is 9.59 Å². The molecule has 0 spiro atoms. The topological polar surface area (TPSA) is 155 Å². The molecule has 3 atom stereocenters. The fraction of sp³-hybridized carbons (Fsp3) is 0.231. The van der Waals surface area contributed by atoms with E-state index in [4.69, 9.17) is 9.47 Å². The molecule has 0 radical (unpaired) electrons. The van der Waals surface area contributed by atoms with Gasteiger partial charge in [0.1, 0.15) is 25.3 Å². The minimum atomic E-state index is -1.02. The normalized spacial score (nSPS) is 13.9. The van der Waals surface area contributed by atoms with Crippen molar-refractivity contribution in [2.45, 2.75) is 49.2 Å². The van der Waals surface area contributed by atoms with Crippen LogP contribution in [0.15, 0.2) is 158 Å². The molecule has 6 aromatic rings. The molecule has 3 unspecified atom stereocenters. The van der Waals surface area contributed by atoms with E-state index in [1.807, 2.05) is 133 Å². The summed E-state index contributed by atoms with van der Waals surface area (Å²) in [7, 11) is 0. The van der Waals surface area contributed by atoms with E-state index in [-0.39, 0.29) is 50.9 Å². The first kappa shape index (κ1) is 42.5. The van der Waals surface area contributed by atoms with Crippen molar-refractivity contribution in [1.82, 2.24) is 21.3 Å². The number of nitrogens with one attached hydrogen (secondary N) is 4. The zero-order chi connectivity index (χ0) is 43.5. The molecule has 11 heteroatoms. The fourth-order valence-electron chi connectivity index (χ4n) is 8.69. The van der Waals surface area contributed by atoms with Gasteiger partial charge in [0.25, 0.3) is 0 Å². The molecule has 0 heterocycles. The van der Waals surface area contributed by atoms with Crippen LogP contribution in [0.1, 0.15) is 51.6 Å². The molecule has 2 aliphatic rings. The molecule has 11 nitrogen and oxygen atoms in total. The van der Waals surface area contributed by atoms with Gasteiger partial charge in [0.2, 0.25) is 11.8 Å². The minimum Gasteiger partial charge on any atom is -0.449 e. The second-order valence-electron chi connectivity index (χ2n) is 15.9. The number of hydrogen-bond acceptors (Lipinski definition) is 7. The van der Waals surface area contributed by atoms with E-state index >= 15 is 0 Å². The summed E-state index contributed by atoms with van der Waals surface area (Å²) in [6, 6.07) is 48.1. The summed E-state index contributed by atoms with van der Waals surface area (Å²) in [4.78, 5) is 54.2. The summed E-state index contributed by atoms with van der Waals surface area (Å²) in [6.45, 7) is -0.167. The second kappa shape index (κ2) is 20.1. The first-order valence-corrected chi connectivity index (χ1v) is 21.4. The zero-order valence-corrected chi connectivity index (χ0v) is 34.7. The van der Waals surface area contributed by atoms with Gasteiger partial charge in [-0.1, -0.05) is 158 Å². The molecular formula is C52H50N4O7. The van der Waals surface area contributed by atoms with Crippen LogP contribution in [0.3, 0.4) is 0 Å². The SMILES string of the molecule is O=C(NC(Cc1ccccc1)C(=O)NCCC(CO)NC(=O)C(Cc1ccccc1)NC(=O)OCC1c2ccccc2-c2ccccc21)OCC1c2ccccc2-c2ccccc21. The highest BCUT2D eigenvalue weighted by atomic mass is 16.6. The minimum absolute atomic E-state index is 0.0746. The van der Waals surface area contributed by atoms with Gasteiger partial charge in [0.15, 0.2) is 0 Å². The Hall–Kier alpha value is -7.24. The third-order valence-corrected chi connectivity index (χ3v) is 11.8. The van der Waals surface area contributed by atoms with Crippen LogP contribution in [-0.4, -0.2) is 73.6 Å².